The molecule has 0 radical (unpaired) electrons. The summed E-state index contributed by atoms with van der Waals surface area (Å²) in [6.45, 7) is 26.6. The lowest BCUT2D eigenvalue weighted by Crippen LogP contribution is -2.51. The van der Waals surface area contributed by atoms with E-state index in [4.69, 9.17) is 14.6 Å². The van der Waals surface area contributed by atoms with E-state index in [1.54, 1.807) is 0 Å². The average Bonchev–Trinajstić information content (AvgIpc) is 2.80. The Morgan fingerprint density at radius 3 is 1.77 bits per heavy atom. The van der Waals surface area contributed by atoms with Crippen LogP contribution in [0.3, 0.4) is 0 Å². The molecule has 1 aliphatic rings. The van der Waals surface area contributed by atoms with Gasteiger partial charge < -0.3 is 14.6 Å². The normalized spacial score (nSPS) is 25.7. The van der Waals surface area contributed by atoms with Crippen LogP contribution in [0.4, 0.5) is 0 Å². The third kappa shape index (κ3) is 5.22. The number of nitrogens with two attached hydrogens (primary N) is 1. The zero-order valence-electron chi connectivity index (χ0n) is 19.5. The third-order valence-corrected chi connectivity index (χ3v) is 17.8. The largest absolute Gasteiger partial charge is 0.416 e. The van der Waals surface area contributed by atoms with E-state index in [0.29, 0.717) is 22.5 Å². The van der Waals surface area contributed by atoms with Gasteiger partial charge in [0.1, 0.15) is 0 Å². The minimum Gasteiger partial charge on any atom is -0.416 e. The van der Waals surface area contributed by atoms with Crippen molar-refractivity contribution < 1.29 is 8.85 Å². The van der Waals surface area contributed by atoms with Gasteiger partial charge in [0.05, 0.1) is 6.10 Å². The summed E-state index contributed by atoms with van der Waals surface area (Å²) in [5.74, 6) is 0.447. The second kappa shape index (κ2) is 8.77. The summed E-state index contributed by atoms with van der Waals surface area (Å²) in [6.07, 6.45) is 2.30. The molecular formula is C21H47NO2Si2. The minimum absolute atomic E-state index is 0.246. The van der Waals surface area contributed by atoms with Gasteiger partial charge in [0.15, 0.2) is 8.32 Å². The molecule has 156 valence electrons. The second-order valence-electron chi connectivity index (χ2n) is 11.0. The molecule has 1 rings (SSSR count). The van der Waals surface area contributed by atoms with Gasteiger partial charge in [0, 0.05) is 18.6 Å². The Hall–Kier alpha value is 0.314. The zero-order chi connectivity index (χ0) is 20.5. The van der Waals surface area contributed by atoms with Crippen LogP contribution in [0.15, 0.2) is 0 Å². The molecule has 0 amide bonds. The maximum absolute atomic E-state index is 7.11. The van der Waals surface area contributed by atoms with Crippen molar-refractivity contribution >= 4 is 16.6 Å². The molecule has 0 aliphatic heterocycles. The molecule has 1 aliphatic carbocycles. The summed E-state index contributed by atoms with van der Waals surface area (Å²) in [5, 5.41) is 0.246. The highest BCUT2D eigenvalue weighted by atomic mass is 28.4. The summed E-state index contributed by atoms with van der Waals surface area (Å²) in [4.78, 5) is 0. The zero-order valence-corrected chi connectivity index (χ0v) is 21.5. The van der Waals surface area contributed by atoms with Crippen LogP contribution in [0.1, 0.15) is 75.2 Å². The third-order valence-electron chi connectivity index (χ3n) is 7.19. The molecule has 0 bridgehead atoms. The van der Waals surface area contributed by atoms with Gasteiger partial charge in [-0.2, -0.15) is 0 Å². The first kappa shape index (κ1) is 24.4. The van der Waals surface area contributed by atoms with Crippen molar-refractivity contribution in [1.82, 2.24) is 0 Å². The van der Waals surface area contributed by atoms with E-state index >= 15 is 0 Å². The summed E-state index contributed by atoms with van der Waals surface area (Å²) in [7, 11) is -3.61. The lowest BCUT2D eigenvalue weighted by molar-refractivity contribution is 0.0971. The molecular weight excluding hydrogens is 354 g/mol. The molecule has 2 N–H and O–H groups in total. The fourth-order valence-electron chi connectivity index (χ4n) is 4.65. The van der Waals surface area contributed by atoms with Gasteiger partial charge in [-0.1, -0.05) is 62.3 Å². The van der Waals surface area contributed by atoms with Gasteiger partial charge in [-0.3, -0.25) is 0 Å². The van der Waals surface area contributed by atoms with Gasteiger partial charge in [0.25, 0.3) is 0 Å². The Bertz CT molecular complexity index is 422. The van der Waals surface area contributed by atoms with Crippen molar-refractivity contribution in [2.24, 2.45) is 11.7 Å². The molecule has 0 aromatic heterocycles. The van der Waals surface area contributed by atoms with Crippen LogP contribution in [-0.2, 0) is 8.85 Å². The van der Waals surface area contributed by atoms with E-state index < -0.39 is 16.6 Å². The van der Waals surface area contributed by atoms with Crippen molar-refractivity contribution in [2.75, 3.05) is 6.61 Å². The molecule has 0 heterocycles. The molecule has 0 saturated heterocycles. The van der Waals surface area contributed by atoms with Crippen molar-refractivity contribution in [3.8, 4) is 0 Å². The van der Waals surface area contributed by atoms with E-state index in [9.17, 15) is 0 Å². The van der Waals surface area contributed by atoms with E-state index in [1.807, 2.05) is 0 Å². The van der Waals surface area contributed by atoms with Crippen LogP contribution in [0.2, 0.25) is 34.8 Å². The molecule has 3 nitrogen and oxygen atoms in total. The first-order chi connectivity index (χ1) is 11.6. The Balaban J connectivity index is 2.96. The standard InChI is InChI=1S/C21H47NO2Si2/c1-15(2)26(16(3)4,17(5)6)24-20-13-19(22)12-18(20)14-23-25(10,11)21(7,8)9/h15-20H,12-14,22H2,1-11H3. The van der Waals surface area contributed by atoms with Crippen LogP contribution in [0.25, 0.3) is 0 Å². The molecule has 3 atom stereocenters. The first-order valence-electron chi connectivity index (χ1n) is 10.7. The average molecular weight is 402 g/mol. The Morgan fingerprint density at radius 1 is 0.923 bits per heavy atom. The highest BCUT2D eigenvalue weighted by molar-refractivity contribution is 6.77. The minimum atomic E-state index is -1.88. The molecule has 26 heavy (non-hydrogen) atoms. The topological polar surface area (TPSA) is 44.5 Å². The number of hydrogen-bond acceptors (Lipinski definition) is 3. The van der Waals surface area contributed by atoms with Gasteiger partial charge in [-0.15, -0.1) is 0 Å². The van der Waals surface area contributed by atoms with Crippen molar-refractivity contribution in [2.45, 2.75) is 122 Å². The highest BCUT2D eigenvalue weighted by Crippen LogP contribution is 2.46. The fraction of sp³-hybridized carbons (Fsp3) is 1.00. The first-order valence-corrected chi connectivity index (χ1v) is 15.8. The molecule has 1 fully saturated rings. The van der Waals surface area contributed by atoms with Crippen LogP contribution in [0, 0.1) is 5.92 Å². The summed E-state index contributed by atoms with van der Waals surface area (Å²) >= 11 is 0. The number of rotatable bonds is 8. The van der Waals surface area contributed by atoms with Crippen LogP contribution in [0.5, 0.6) is 0 Å². The maximum Gasteiger partial charge on any atom is 0.200 e. The van der Waals surface area contributed by atoms with Crippen LogP contribution in [-0.4, -0.2) is 35.4 Å². The summed E-state index contributed by atoms with van der Waals surface area (Å²) in [5.41, 5.74) is 8.22. The van der Waals surface area contributed by atoms with Crippen LogP contribution >= 0.6 is 0 Å². The summed E-state index contributed by atoms with van der Waals surface area (Å²) < 4.78 is 13.7. The van der Waals surface area contributed by atoms with Crippen molar-refractivity contribution in [3.63, 3.8) is 0 Å². The predicted octanol–water partition coefficient (Wildman–Crippen LogP) is 6.31. The molecule has 0 aromatic carbocycles. The van der Waals surface area contributed by atoms with Crippen LogP contribution < -0.4 is 5.73 Å². The predicted molar refractivity (Wildman–Crippen MR) is 120 cm³/mol. The van der Waals surface area contributed by atoms with Crippen molar-refractivity contribution in [3.05, 3.63) is 0 Å². The van der Waals surface area contributed by atoms with E-state index in [1.165, 1.54) is 0 Å². The Kier molecular flexibility index (Phi) is 8.21. The summed E-state index contributed by atoms with van der Waals surface area (Å²) in [6, 6.07) is 0.256. The van der Waals surface area contributed by atoms with E-state index in [0.717, 1.165) is 19.4 Å². The van der Waals surface area contributed by atoms with Crippen molar-refractivity contribution in [1.29, 1.82) is 0 Å². The quantitative estimate of drug-likeness (QED) is 0.485. The highest BCUT2D eigenvalue weighted by Gasteiger charge is 2.49. The Morgan fingerprint density at radius 2 is 1.38 bits per heavy atom. The van der Waals surface area contributed by atoms with Gasteiger partial charge >= 0.3 is 0 Å². The van der Waals surface area contributed by atoms with Gasteiger partial charge in [0.2, 0.25) is 8.32 Å². The molecule has 3 unspecified atom stereocenters. The van der Waals surface area contributed by atoms with E-state index in [2.05, 4.69) is 75.4 Å². The second-order valence-corrected chi connectivity index (χ2v) is 21.3. The molecule has 1 saturated carbocycles. The lowest BCUT2D eigenvalue weighted by atomic mass is 10.1. The Labute approximate surface area is 166 Å². The SMILES string of the molecule is CC(C)[Si](OC1CC(N)CC1CO[Si](C)(C)C(C)(C)C)(C(C)C)C(C)C. The molecule has 0 aromatic rings. The number of hydrogen-bond donors (Lipinski definition) is 1. The van der Waals surface area contributed by atoms with Gasteiger partial charge in [-0.05, 0) is 47.6 Å². The molecule has 0 spiro atoms. The molecule has 5 heteroatoms. The maximum atomic E-state index is 7.11. The smallest absolute Gasteiger partial charge is 0.200 e. The lowest BCUT2D eigenvalue weighted by Gasteiger charge is -2.45. The van der Waals surface area contributed by atoms with E-state index in [-0.39, 0.29) is 17.2 Å². The fourth-order valence-corrected chi connectivity index (χ4v) is 11.3. The van der Waals surface area contributed by atoms with Gasteiger partial charge in [-0.25, -0.2) is 0 Å². The monoisotopic (exact) mass is 401 g/mol.